The summed E-state index contributed by atoms with van der Waals surface area (Å²) in [5, 5.41) is 2.93. The van der Waals surface area contributed by atoms with Crippen molar-refractivity contribution in [3.05, 3.63) is 53.7 Å². The van der Waals surface area contributed by atoms with Gasteiger partial charge in [0.05, 0.1) is 11.3 Å². The Morgan fingerprint density at radius 1 is 1.20 bits per heavy atom. The van der Waals surface area contributed by atoms with Gasteiger partial charge in [-0.1, -0.05) is 36.8 Å². The zero-order chi connectivity index (χ0) is 14.5. The molecule has 1 aromatic heterocycles. The van der Waals surface area contributed by atoms with E-state index < -0.39 is 0 Å². The largest absolute Gasteiger partial charge is 0.350 e. The smallest absolute Gasteiger partial charge is 0.253 e. The number of nitrogens with one attached hydrogen (secondary N) is 1. The minimum absolute atomic E-state index is 0.0673. The molecule has 20 heavy (non-hydrogen) atoms. The maximum Gasteiger partial charge on any atom is 0.253 e. The van der Waals surface area contributed by atoms with Crippen molar-refractivity contribution in [2.24, 2.45) is 0 Å². The second-order valence-corrected chi connectivity index (χ2v) is 5.08. The summed E-state index contributed by atoms with van der Waals surface area (Å²) in [4.78, 5) is 16.3. The molecular weight excluding hydrogens is 248 g/mol. The molecule has 0 fully saturated rings. The van der Waals surface area contributed by atoms with Gasteiger partial charge in [0.2, 0.25) is 0 Å². The molecule has 1 N–H and O–H groups in total. The van der Waals surface area contributed by atoms with Crippen LogP contribution in [0.2, 0.25) is 0 Å². The number of rotatable bonds is 4. The molecule has 3 nitrogen and oxygen atoms in total. The summed E-state index contributed by atoms with van der Waals surface area (Å²) in [6, 6.07) is 12.1. The lowest BCUT2D eigenvalue weighted by molar-refractivity contribution is 0.0939. The van der Waals surface area contributed by atoms with Crippen molar-refractivity contribution in [2.45, 2.75) is 33.2 Å². The van der Waals surface area contributed by atoms with E-state index in [1.807, 2.05) is 38.1 Å². The predicted molar refractivity (Wildman–Crippen MR) is 81.6 cm³/mol. The van der Waals surface area contributed by atoms with Crippen LogP contribution in [0.5, 0.6) is 0 Å². The molecule has 2 rings (SSSR count). The molecule has 0 aliphatic rings. The fourth-order valence-corrected chi connectivity index (χ4v) is 1.83. The SMILES string of the molecule is CCC(C)NC(=O)c1ccc(-c2ccc(C)cc2)nc1. The van der Waals surface area contributed by atoms with Crippen molar-refractivity contribution < 1.29 is 4.79 Å². The maximum absolute atomic E-state index is 12.0. The van der Waals surface area contributed by atoms with Crippen molar-refractivity contribution in [3.63, 3.8) is 0 Å². The number of carbonyl (C=O) groups excluding carboxylic acids is 1. The summed E-state index contributed by atoms with van der Waals surface area (Å²) in [6.07, 6.45) is 2.55. The number of amides is 1. The van der Waals surface area contributed by atoms with Gasteiger partial charge in [0.25, 0.3) is 5.91 Å². The minimum Gasteiger partial charge on any atom is -0.350 e. The second-order valence-electron chi connectivity index (χ2n) is 5.08. The van der Waals surface area contributed by atoms with E-state index in [9.17, 15) is 4.79 Å². The summed E-state index contributed by atoms with van der Waals surface area (Å²) >= 11 is 0. The molecule has 0 bridgehead atoms. The molecule has 1 amide bonds. The second kappa shape index (κ2) is 6.33. The lowest BCUT2D eigenvalue weighted by atomic mass is 10.1. The van der Waals surface area contributed by atoms with Crippen molar-refractivity contribution >= 4 is 5.91 Å². The van der Waals surface area contributed by atoms with Crippen LogP contribution < -0.4 is 5.32 Å². The van der Waals surface area contributed by atoms with Gasteiger partial charge in [-0.05, 0) is 32.4 Å². The molecule has 0 aliphatic carbocycles. The van der Waals surface area contributed by atoms with Gasteiger partial charge in [-0.2, -0.15) is 0 Å². The van der Waals surface area contributed by atoms with Crippen LogP contribution in [0.25, 0.3) is 11.3 Å². The molecule has 3 heteroatoms. The quantitative estimate of drug-likeness (QED) is 0.920. The molecule has 0 saturated carbocycles. The lowest BCUT2D eigenvalue weighted by Crippen LogP contribution is -2.31. The first-order valence-electron chi connectivity index (χ1n) is 6.94. The molecule has 1 aromatic carbocycles. The van der Waals surface area contributed by atoms with Gasteiger partial charge < -0.3 is 5.32 Å². The van der Waals surface area contributed by atoms with E-state index in [0.29, 0.717) is 5.56 Å². The molecule has 0 saturated heterocycles. The number of aryl methyl sites for hydroxylation is 1. The van der Waals surface area contributed by atoms with Crippen LogP contribution in [0.3, 0.4) is 0 Å². The van der Waals surface area contributed by atoms with Crippen molar-refractivity contribution in [1.29, 1.82) is 0 Å². The standard InChI is InChI=1S/C17H20N2O/c1-4-13(3)19-17(20)15-9-10-16(18-11-15)14-7-5-12(2)6-8-14/h5-11,13H,4H2,1-3H3,(H,19,20). The van der Waals surface area contributed by atoms with Gasteiger partial charge in [0.1, 0.15) is 0 Å². The fraction of sp³-hybridized carbons (Fsp3) is 0.294. The van der Waals surface area contributed by atoms with Crippen LogP contribution in [0.4, 0.5) is 0 Å². The van der Waals surface area contributed by atoms with Crippen LogP contribution in [-0.4, -0.2) is 16.9 Å². The first-order valence-corrected chi connectivity index (χ1v) is 6.94. The summed E-state index contributed by atoms with van der Waals surface area (Å²) in [7, 11) is 0. The summed E-state index contributed by atoms with van der Waals surface area (Å²) in [5.74, 6) is -0.0673. The zero-order valence-electron chi connectivity index (χ0n) is 12.2. The van der Waals surface area contributed by atoms with Crippen LogP contribution >= 0.6 is 0 Å². The number of aromatic nitrogens is 1. The minimum atomic E-state index is -0.0673. The third kappa shape index (κ3) is 3.44. The van der Waals surface area contributed by atoms with E-state index in [4.69, 9.17) is 0 Å². The van der Waals surface area contributed by atoms with Gasteiger partial charge in [0, 0.05) is 17.8 Å². The summed E-state index contributed by atoms with van der Waals surface area (Å²) in [6.45, 7) is 6.09. The molecular formula is C17H20N2O. The Labute approximate surface area is 120 Å². The molecule has 1 heterocycles. The average molecular weight is 268 g/mol. The molecule has 104 valence electrons. The van der Waals surface area contributed by atoms with E-state index in [0.717, 1.165) is 17.7 Å². The van der Waals surface area contributed by atoms with Crippen molar-refractivity contribution in [1.82, 2.24) is 10.3 Å². The van der Waals surface area contributed by atoms with Gasteiger partial charge >= 0.3 is 0 Å². The highest BCUT2D eigenvalue weighted by molar-refractivity contribution is 5.94. The van der Waals surface area contributed by atoms with E-state index in [-0.39, 0.29) is 11.9 Å². The van der Waals surface area contributed by atoms with E-state index in [1.165, 1.54) is 5.56 Å². The van der Waals surface area contributed by atoms with E-state index >= 15 is 0 Å². The normalized spacial score (nSPS) is 11.9. The lowest BCUT2D eigenvalue weighted by Gasteiger charge is -2.11. The van der Waals surface area contributed by atoms with Crippen LogP contribution in [0.15, 0.2) is 42.6 Å². The molecule has 1 unspecified atom stereocenters. The van der Waals surface area contributed by atoms with Gasteiger partial charge in [-0.15, -0.1) is 0 Å². The monoisotopic (exact) mass is 268 g/mol. The Morgan fingerprint density at radius 3 is 2.45 bits per heavy atom. The number of benzene rings is 1. The number of hydrogen-bond donors (Lipinski definition) is 1. The number of pyridine rings is 1. The third-order valence-electron chi connectivity index (χ3n) is 3.36. The van der Waals surface area contributed by atoms with E-state index in [1.54, 1.807) is 6.20 Å². The highest BCUT2D eigenvalue weighted by Gasteiger charge is 2.09. The Balaban J connectivity index is 2.14. The topological polar surface area (TPSA) is 42.0 Å². The molecule has 1 atom stereocenters. The Hall–Kier alpha value is -2.16. The van der Waals surface area contributed by atoms with Gasteiger partial charge in [-0.3, -0.25) is 9.78 Å². The first kappa shape index (κ1) is 14.3. The Bertz CT molecular complexity index is 573. The Morgan fingerprint density at radius 2 is 1.90 bits per heavy atom. The number of hydrogen-bond acceptors (Lipinski definition) is 2. The van der Waals surface area contributed by atoms with Crippen LogP contribution in [-0.2, 0) is 0 Å². The van der Waals surface area contributed by atoms with Crippen LogP contribution in [0.1, 0.15) is 36.2 Å². The highest BCUT2D eigenvalue weighted by Crippen LogP contribution is 2.17. The maximum atomic E-state index is 12.0. The Kier molecular flexibility index (Phi) is 4.51. The number of carbonyl (C=O) groups is 1. The predicted octanol–water partition coefficient (Wildman–Crippen LogP) is 3.59. The highest BCUT2D eigenvalue weighted by atomic mass is 16.1. The first-order chi connectivity index (χ1) is 9.60. The van der Waals surface area contributed by atoms with Gasteiger partial charge in [-0.25, -0.2) is 0 Å². The molecule has 0 radical (unpaired) electrons. The fourth-order valence-electron chi connectivity index (χ4n) is 1.83. The third-order valence-corrected chi connectivity index (χ3v) is 3.36. The summed E-state index contributed by atoms with van der Waals surface area (Å²) < 4.78 is 0. The van der Waals surface area contributed by atoms with Gasteiger partial charge in [0.15, 0.2) is 0 Å². The average Bonchev–Trinajstić information content (AvgIpc) is 2.48. The summed E-state index contributed by atoms with van der Waals surface area (Å²) in [5.41, 5.74) is 3.76. The molecule has 0 aliphatic heterocycles. The molecule has 0 spiro atoms. The van der Waals surface area contributed by atoms with Crippen molar-refractivity contribution in [3.8, 4) is 11.3 Å². The molecule has 2 aromatic rings. The number of nitrogens with zero attached hydrogens (tertiary/aromatic N) is 1. The zero-order valence-corrected chi connectivity index (χ0v) is 12.2. The van der Waals surface area contributed by atoms with E-state index in [2.05, 4.69) is 29.4 Å². The van der Waals surface area contributed by atoms with Crippen molar-refractivity contribution in [2.75, 3.05) is 0 Å². The van der Waals surface area contributed by atoms with Crippen LogP contribution in [0, 0.1) is 6.92 Å².